The molecule has 24 heavy (non-hydrogen) atoms. The second-order valence-corrected chi connectivity index (χ2v) is 7.75. The molecule has 0 aromatic heterocycles. The predicted octanol–water partition coefficient (Wildman–Crippen LogP) is 1.47. The fourth-order valence-corrected chi connectivity index (χ4v) is 2.49. The summed E-state index contributed by atoms with van der Waals surface area (Å²) in [5.41, 5.74) is 0.392. The minimum Gasteiger partial charge on any atom is -0.492 e. The molecule has 0 aliphatic carbocycles. The Kier molecular flexibility index (Phi) is 6.94. The molecule has 0 spiro atoms. The summed E-state index contributed by atoms with van der Waals surface area (Å²) in [5, 5.41) is 5.01. The van der Waals surface area contributed by atoms with Gasteiger partial charge in [-0.05, 0) is 12.1 Å². The van der Waals surface area contributed by atoms with Gasteiger partial charge in [0.2, 0.25) is 5.91 Å². The Labute approximate surface area is 145 Å². The van der Waals surface area contributed by atoms with Gasteiger partial charge in [0.15, 0.2) is 9.84 Å². The number of rotatable bonds is 6. The molecular formula is C14H19ClF2N2O4S. The number of amides is 1. The van der Waals surface area contributed by atoms with E-state index >= 15 is 0 Å². The molecule has 1 fully saturated rings. The lowest BCUT2D eigenvalue weighted by molar-refractivity contribution is -0.118. The number of carbonyl (C=O) groups is 1. The van der Waals surface area contributed by atoms with Crippen LogP contribution in [0.25, 0.3) is 0 Å². The van der Waals surface area contributed by atoms with Crippen LogP contribution in [0, 0.1) is 0 Å². The van der Waals surface area contributed by atoms with E-state index in [1.54, 1.807) is 18.2 Å². The van der Waals surface area contributed by atoms with E-state index in [1.807, 2.05) is 0 Å². The van der Waals surface area contributed by atoms with Gasteiger partial charge in [-0.1, -0.05) is 6.07 Å². The average molecular weight is 385 g/mol. The average Bonchev–Trinajstić information content (AvgIpc) is 2.78. The molecule has 1 unspecified atom stereocenters. The lowest BCUT2D eigenvalue weighted by Gasteiger charge is -2.12. The highest BCUT2D eigenvalue weighted by Gasteiger charge is 2.42. The van der Waals surface area contributed by atoms with Crippen LogP contribution < -0.4 is 15.4 Å². The van der Waals surface area contributed by atoms with Crippen LogP contribution in [0.2, 0.25) is 0 Å². The molecule has 0 saturated carbocycles. The van der Waals surface area contributed by atoms with E-state index in [0.717, 1.165) is 6.26 Å². The molecule has 136 valence electrons. The fourth-order valence-electron chi connectivity index (χ4n) is 2.10. The number of anilines is 1. The SMILES string of the molecule is CS(=O)(=O)CCOc1cccc(NC(=O)C2CC(F)(F)CN2)c1.Cl. The van der Waals surface area contributed by atoms with Crippen molar-refractivity contribution in [1.82, 2.24) is 5.32 Å². The third-order valence-corrected chi connectivity index (χ3v) is 4.16. The number of ether oxygens (including phenoxy) is 1. The first-order valence-electron chi connectivity index (χ1n) is 6.97. The van der Waals surface area contributed by atoms with Gasteiger partial charge in [0.05, 0.1) is 18.3 Å². The third kappa shape index (κ3) is 6.58. The zero-order valence-corrected chi connectivity index (χ0v) is 14.6. The van der Waals surface area contributed by atoms with Crippen LogP contribution in [0.3, 0.4) is 0 Å². The summed E-state index contributed by atoms with van der Waals surface area (Å²) in [7, 11) is -3.12. The molecule has 1 heterocycles. The molecule has 0 bridgehead atoms. The second kappa shape index (κ2) is 8.09. The van der Waals surface area contributed by atoms with Gasteiger partial charge in [0.25, 0.3) is 5.92 Å². The maximum Gasteiger partial charge on any atom is 0.262 e. The Hall–Kier alpha value is -1.45. The van der Waals surface area contributed by atoms with Crippen molar-refractivity contribution in [1.29, 1.82) is 0 Å². The summed E-state index contributed by atoms with van der Waals surface area (Å²) in [5.74, 6) is -3.16. The van der Waals surface area contributed by atoms with Crippen LogP contribution >= 0.6 is 12.4 Å². The van der Waals surface area contributed by atoms with E-state index in [0.29, 0.717) is 11.4 Å². The fraction of sp³-hybridized carbons (Fsp3) is 0.500. The summed E-state index contributed by atoms with van der Waals surface area (Å²) in [6.07, 6.45) is 0.570. The number of benzene rings is 1. The van der Waals surface area contributed by atoms with Crippen molar-refractivity contribution in [3.63, 3.8) is 0 Å². The molecule has 1 amide bonds. The largest absolute Gasteiger partial charge is 0.492 e. The van der Waals surface area contributed by atoms with Crippen LogP contribution in [0.1, 0.15) is 6.42 Å². The second-order valence-electron chi connectivity index (χ2n) is 5.49. The van der Waals surface area contributed by atoms with Gasteiger partial charge in [0.1, 0.15) is 12.4 Å². The van der Waals surface area contributed by atoms with Crippen molar-refractivity contribution >= 4 is 33.8 Å². The molecule has 1 aromatic carbocycles. The van der Waals surface area contributed by atoms with Gasteiger partial charge < -0.3 is 10.1 Å². The Morgan fingerprint density at radius 3 is 2.75 bits per heavy atom. The lowest BCUT2D eigenvalue weighted by Crippen LogP contribution is -2.35. The van der Waals surface area contributed by atoms with E-state index in [9.17, 15) is 22.0 Å². The van der Waals surface area contributed by atoms with E-state index in [2.05, 4.69) is 10.6 Å². The first-order valence-corrected chi connectivity index (χ1v) is 9.03. The van der Waals surface area contributed by atoms with Crippen LogP contribution in [-0.2, 0) is 14.6 Å². The van der Waals surface area contributed by atoms with E-state index in [-0.39, 0.29) is 24.8 Å². The van der Waals surface area contributed by atoms with Crippen molar-refractivity contribution in [2.45, 2.75) is 18.4 Å². The van der Waals surface area contributed by atoms with Crippen molar-refractivity contribution in [3.8, 4) is 5.75 Å². The Morgan fingerprint density at radius 1 is 1.46 bits per heavy atom. The molecule has 10 heteroatoms. The van der Waals surface area contributed by atoms with E-state index < -0.39 is 40.7 Å². The Morgan fingerprint density at radius 2 is 2.17 bits per heavy atom. The van der Waals surface area contributed by atoms with Gasteiger partial charge in [-0.2, -0.15) is 0 Å². The van der Waals surface area contributed by atoms with E-state index in [4.69, 9.17) is 4.74 Å². The van der Waals surface area contributed by atoms with Crippen molar-refractivity contribution in [3.05, 3.63) is 24.3 Å². The van der Waals surface area contributed by atoms with Crippen LogP contribution in [0.5, 0.6) is 5.75 Å². The van der Waals surface area contributed by atoms with Crippen molar-refractivity contribution in [2.75, 3.05) is 30.5 Å². The monoisotopic (exact) mass is 384 g/mol. The molecule has 0 radical (unpaired) electrons. The quantitative estimate of drug-likeness (QED) is 0.775. The molecule has 1 aliphatic rings. The van der Waals surface area contributed by atoms with Crippen LogP contribution in [-0.4, -0.2) is 51.4 Å². The number of carbonyl (C=O) groups excluding carboxylic acids is 1. The molecule has 1 aromatic rings. The first-order chi connectivity index (χ1) is 10.6. The zero-order chi connectivity index (χ0) is 17.1. The molecule has 1 saturated heterocycles. The minimum absolute atomic E-state index is 0. The van der Waals surface area contributed by atoms with Gasteiger partial charge in [-0.15, -0.1) is 12.4 Å². The summed E-state index contributed by atoms with van der Waals surface area (Å²) >= 11 is 0. The molecule has 6 nitrogen and oxygen atoms in total. The van der Waals surface area contributed by atoms with Crippen molar-refractivity contribution in [2.24, 2.45) is 0 Å². The number of nitrogens with one attached hydrogen (secondary N) is 2. The number of halogens is 3. The van der Waals surface area contributed by atoms with Gasteiger partial charge >= 0.3 is 0 Å². The zero-order valence-electron chi connectivity index (χ0n) is 12.9. The third-order valence-electron chi connectivity index (χ3n) is 3.25. The summed E-state index contributed by atoms with van der Waals surface area (Å²) in [6.45, 7) is -0.521. The smallest absolute Gasteiger partial charge is 0.262 e. The summed E-state index contributed by atoms with van der Waals surface area (Å²) in [4.78, 5) is 11.9. The topological polar surface area (TPSA) is 84.5 Å². The summed E-state index contributed by atoms with van der Waals surface area (Å²) in [6, 6.07) is 5.38. The van der Waals surface area contributed by atoms with Gasteiger partial charge in [0, 0.05) is 24.4 Å². The number of hydrogen-bond donors (Lipinski definition) is 2. The highest BCUT2D eigenvalue weighted by atomic mass is 35.5. The number of hydrogen-bond acceptors (Lipinski definition) is 5. The molecule has 2 rings (SSSR count). The highest BCUT2D eigenvalue weighted by molar-refractivity contribution is 7.90. The van der Waals surface area contributed by atoms with Crippen molar-refractivity contribution < 1.29 is 26.7 Å². The number of alkyl halides is 2. The maximum absolute atomic E-state index is 13.1. The molecule has 2 N–H and O–H groups in total. The standard InChI is InChI=1S/C14H18F2N2O4S.ClH/c1-23(20,21)6-5-22-11-4-2-3-10(7-11)18-13(19)12-8-14(15,16)9-17-12;/h2-4,7,12,17H,5-6,8-9H2,1H3,(H,18,19);1H. The molecule has 1 atom stereocenters. The Bertz CT molecular complexity index is 685. The summed E-state index contributed by atoms with van der Waals surface area (Å²) < 4.78 is 53.5. The highest BCUT2D eigenvalue weighted by Crippen LogP contribution is 2.26. The van der Waals surface area contributed by atoms with E-state index in [1.165, 1.54) is 6.07 Å². The lowest BCUT2D eigenvalue weighted by atomic mass is 10.2. The van der Waals surface area contributed by atoms with Gasteiger partial charge in [-0.3, -0.25) is 10.1 Å². The van der Waals surface area contributed by atoms with Crippen LogP contribution in [0.4, 0.5) is 14.5 Å². The normalized spacial score (nSPS) is 19.4. The first kappa shape index (κ1) is 20.6. The van der Waals surface area contributed by atoms with Gasteiger partial charge in [-0.25, -0.2) is 17.2 Å². The minimum atomic E-state index is -3.12. The Balaban J connectivity index is 0.00000288. The maximum atomic E-state index is 13.1. The number of sulfone groups is 1. The molecular weight excluding hydrogens is 366 g/mol. The molecule has 1 aliphatic heterocycles. The predicted molar refractivity (Wildman–Crippen MR) is 88.9 cm³/mol. The van der Waals surface area contributed by atoms with Crippen LogP contribution in [0.15, 0.2) is 24.3 Å².